The minimum Gasteiger partial charge on any atom is -0.409 e. The van der Waals surface area contributed by atoms with Crippen molar-refractivity contribution in [3.05, 3.63) is 0 Å². The van der Waals surface area contributed by atoms with Crippen molar-refractivity contribution < 1.29 is 9.94 Å². The summed E-state index contributed by atoms with van der Waals surface area (Å²) in [5.41, 5.74) is 5.50. The van der Waals surface area contributed by atoms with Gasteiger partial charge in [0.2, 0.25) is 0 Å². The third kappa shape index (κ3) is 4.03. The molecule has 1 rings (SSSR count). The zero-order valence-electron chi connectivity index (χ0n) is 9.39. The molecule has 1 aliphatic rings. The van der Waals surface area contributed by atoms with Gasteiger partial charge >= 0.3 is 0 Å². The highest BCUT2D eigenvalue weighted by Gasteiger charge is 2.23. The number of oxime groups is 1. The number of hydrogen-bond acceptors (Lipinski definition) is 5. The first-order valence-corrected chi connectivity index (χ1v) is 5.09. The van der Waals surface area contributed by atoms with E-state index in [1.807, 2.05) is 14.1 Å². The molecule has 0 bridgehead atoms. The fraction of sp³-hybridized carbons (Fsp3) is 0.889. The Kier molecular flexibility index (Phi) is 4.80. The van der Waals surface area contributed by atoms with Crippen molar-refractivity contribution in [1.29, 1.82) is 0 Å². The lowest BCUT2D eigenvalue weighted by Gasteiger charge is -2.32. The SMILES string of the molecule is CN(C)CCN1CCOC(C(N)=NO)C1. The molecular formula is C9H20N4O2. The molecule has 1 fully saturated rings. The van der Waals surface area contributed by atoms with Gasteiger partial charge in [0.05, 0.1) is 6.61 Å². The van der Waals surface area contributed by atoms with E-state index in [9.17, 15) is 0 Å². The maximum absolute atomic E-state index is 8.55. The molecule has 88 valence electrons. The van der Waals surface area contributed by atoms with Crippen molar-refractivity contribution in [2.24, 2.45) is 10.9 Å². The summed E-state index contributed by atoms with van der Waals surface area (Å²) in [5, 5.41) is 11.5. The van der Waals surface area contributed by atoms with Crippen LogP contribution in [-0.4, -0.2) is 73.8 Å². The summed E-state index contributed by atoms with van der Waals surface area (Å²) < 4.78 is 5.40. The number of ether oxygens (including phenoxy) is 1. The van der Waals surface area contributed by atoms with Crippen molar-refractivity contribution in [3.63, 3.8) is 0 Å². The molecule has 1 atom stereocenters. The maximum atomic E-state index is 8.55. The summed E-state index contributed by atoms with van der Waals surface area (Å²) in [6.45, 7) is 4.22. The second-order valence-corrected chi connectivity index (χ2v) is 3.99. The van der Waals surface area contributed by atoms with Crippen LogP contribution in [0.15, 0.2) is 5.16 Å². The number of morpholine rings is 1. The maximum Gasteiger partial charge on any atom is 0.169 e. The van der Waals surface area contributed by atoms with Crippen LogP contribution >= 0.6 is 0 Å². The van der Waals surface area contributed by atoms with Crippen molar-refractivity contribution in [2.45, 2.75) is 6.10 Å². The third-order valence-corrected chi connectivity index (χ3v) is 2.46. The summed E-state index contributed by atoms with van der Waals surface area (Å²) >= 11 is 0. The van der Waals surface area contributed by atoms with E-state index < -0.39 is 0 Å². The molecule has 0 aromatic rings. The van der Waals surface area contributed by atoms with Crippen molar-refractivity contribution in [2.75, 3.05) is 46.9 Å². The normalized spacial score (nSPS) is 24.7. The molecule has 0 saturated carbocycles. The Balaban J connectivity index is 2.35. The van der Waals surface area contributed by atoms with Gasteiger partial charge in [0.25, 0.3) is 0 Å². The van der Waals surface area contributed by atoms with Crippen LogP contribution in [-0.2, 0) is 4.74 Å². The summed E-state index contributed by atoms with van der Waals surface area (Å²) in [6, 6.07) is 0. The molecule has 3 N–H and O–H groups in total. The number of likely N-dealkylation sites (N-methyl/N-ethyl adjacent to an activating group) is 1. The van der Waals surface area contributed by atoms with Crippen LogP contribution in [0.25, 0.3) is 0 Å². The van der Waals surface area contributed by atoms with E-state index in [1.54, 1.807) is 0 Å². The van der Waals surface area contributed by atoms with Crippen molar-refractivity contribution >= 4 is 5.84 Å². The fourth-order valence-corrected chi connectivity index (χ4v) is 1.49. The first-order chi connectivity index (χ1) is 7.13. The summed E-state index contributed by atoms with van der Waals surface area (Å²) in [4.78, 5) is 4.39. The van der Waals surface area contributed by atoms with Gasteiger partial charge in [0.15, 0.2) is 5.84 Å². The third-order valence-electron chi connectivity index (χ3n) is 2.46. The van der Waals surface area contributed by atoms with Gasteiger partial charge in [-0.25, -0.2) is 0 Å². The van der Waals surface area contributed by atoms with Crippen molar-refractivity contribution in [3.8, 4) is 0 Å². The van der Waals surface area contributed by atoms with E-state index in [-0.39, 0.29) is 11.9 Å². The zero-order chi connectivity index (χ0) is 11.3. The largest absolute Gasteiger partial charge is 0.409 e. The van der Waals surface area contributed by atoms with E-state index in [0.29, 0.717) is 13.2 Å². The molecular weight excluding hydrogens is 196 g/mol. The Labute approximate surface area is 90.3 Å². The molecule has 1 heterocycles. The molecule has 6 heteroatoms. The van der Waals surface area contributed by atoms with Crippen LogP contribution in [0.2, 0.25) is 0 Å². The molecule has 0 amide bonds. The lowest BCUT2D eigenvalue weighted by atomic mass is 10.2. The van der Waals surface area contributed by atoms with Gasteiger partial charge in [-0.2, -0.15) is 0 Å². The number of amidine groups is 1. The molecule has 1 aliphatic heterocycles. The van der Waals surface area contributed by atoms with Gasteiger partial charge in [-0.3, -0.25) is 4.90 Å². The summed E-state index contributed by atoms with van der Waals surface area (Å²) in [7, 11) is 4.09. The van der Waals surface area contributed by atoms with Gasteiger partial charge in [-0.15, -0.1) is 0 Å². The lowest BCUT2D eigenvalue weighted by molar-refractivity contribution is 0.00294. The Morgan fingerprint density at radius 2 is 2.40 bits per heavy atom. The number of nitrogens with two attached hydrogens (primary N) is 1. The molecule has 0 aromatic heterocycles. The van der Waals surface area contributed by atoms with Gasteiger partial charge in [0, 0.05) is 26.2 Å². The predicted octanol–water partition coefficient (Wildman–Crippen LogP) is -1.00. The average molecular weight is 216 g/mol. The molecule has 1 saturated heterocycles. The lowest BCUT2D eigenvalue weighted by Crippen LogP contribution is -2.49. The second kappa shape index (κ2) is 5.89. The molecule has 15 heavy (non-hydrogen) atoms. The van der Waals surface area contributed by atoms with E-state index in [4.69, 9.17) is 15.7 Å². The minimum atomic E-state index is -0.272. The number of nitrogens with zero attached hydrogens (tertiary/aromatic N) is 3. The highest BCUT2D eigenvalue weighted by Crippen LogP contribution is 2.04. The highest BCUT2D eigenvalue weighted by atomic mass is 16.5. The van der Waals surface area contributed by atoms with Crippen LogP contribution in [0.4, 0.5) is 0 Å². The van der Waals surface area contributed by atoms with E-state index in [1.165, 1.54) is 0 Å². The molecule has 0 aliphatic carbocycles. The Morgan fingerprint density at radius 1 is 1.67 bits per heavy atom. The minimum absolute atomic E-state index is 0.157. The number of hydrogen-bond donors (Lipinski definition) is 2. The van der Waals surface area contributed by atoms with Crippen LogP contribution < -0.4 is 5.73 Å². The van der Waals surface area contributed by atoms with E-state index in [2.05, 4.69) is 15.0 Å². The quantitative estimate of drug-likeness (QED) is 0.273. The summed E-state index contributed by atoms with van der Waals surface area (Å²) in [5.74, 6) is 0.157. The molecule has 0 radical (unpaired) electrons. The topological polar surface area (TPSA) is 74.3 Å². The Hall–Kier alpha value is -0.850. The molecule has 6 nitrogen and oxygen atoms in total. The smallest absolute Gasteiger partial charge is 0.169 e. The molecule has 0 aromatic carbocycles. The monoisotopic (exact) mass is 216 g/mol. The van der Waals surface area contributed by atoms with Gasteiger partial charge in [-0.05, 0) is 14.1 Å². The first kappa shape index (κ1) is 12.2. The molecule has 1 unspecified atom stereocenters. The molecule has 0 spiro atoms. The number of rotatable bonds is 4. The fourth-order valence-electron chi connectivity index (χ4n) is 1.49. The average Bonchev–Trinajstić information content (AvgIpc) is 2.25. The van der Waals surface area contributed by atoms with Gasteiger partial charge in [0.1, 0.15) is 6.10 Å². The zero-order valence-corrected chi connectivity index (χ0v) is 9.39. The van der Waals surface area contributed by atoms with E-state index in [0.717, 1.165) is 19.6 Å². The Bertz CT molecular complexity index is 220. The van der Waals surface area contributed by atoms with Crippen LogP contribution in [0.5, 0.6) is 0 Å². The van der Waals surface area contributed by atoms with Crippen molar-refractivity contribution in [1.82, 2.24) is 9.80 Å². The predicted molar refractivity (Wildman–Crippen MR) is 58.1 cm³/mol. The second-order valence-electron chi connectivity index (χ2n) is 3.99. The Morgan fingerprint density at radius 3 is 3.00 bits per heavy atom. The van der Waals surface area contributed by atoms with Crippen LogP contribution in [0.1, 0.15) is 0 Å². The standard InChI is InChI=1S/C9H20N4O2/c1-12(2)3-4-13-5-6-15-8(7-13)9(10)11-14/h8,14H,3-7H2,1-2H3,(H2,10,11). The highest BCUT2D eigenvalue weighted by molar-refractivity contribution is 5.84. The first-order valence-electron chi connectivity index (χ1n) is 5.09. The summed E-state index contributed by atoms with van der Waals surface area (Å²) in [6.07, 6.45) is -0.272. The van der Waals surface area contributed by atoms with Gasteiger partial charge < -0.3 is 20.6 Å². The van der Waals surface area contributed by atoms with Crippen LogP contribution in [0.3, 0.4) is 0 Å². The van der Waals surface area contributed by atoms with Crippen LogP contribution in [0, 0.1) is 0 Å². The van der Waals surface area contributed by atoms with Gasteiger partial charge in [-0.1, -0.05) is 5.16 Å². The van der Waals surface area contributed by atoms with E-state index >= 15 is 0 Å².